The molecule has 6 nitrogen and oxygen atoms in total. The van der Waals surface area contributed by atoms with E-state index in [1.54, 1.807) is 12.1 Å². The van der Waals surface area contributed by atoms with E-state index in [0.717, 1.165) is 5.56 Å². The molecule has 0 saturated heterocycles. The van der Waals surface area contributed by atoms with Gasteiger partial charge >= 0.3 is 0 Å². The van der Waals surface area contributed by atoms with Crippen LogP contribution in [0.3, 0.4) is 0 Å². The second-order valence-corrected chi connectivity index (χ2v) is 4.14. The molecule has 0 spiro atoms. The minimum atomic E-state index is -0.305. The molecule has 1 unspecified atom stereocenters. The highest BCUT2D eigenvalue weighted by atomic mass is 19.1. The van der Waals surface area contributed by atoms with Gasteiger partial charge in [-0.1, -0.05) is 12.1 Å². The van der Waals surface area contributed by atoms with E-state index in [2.05, 4.69) is 15.4 Å². The lowest BCUT2D eigenvalue weighted by atomic mass is 10.1. The van der Waals surface area contributed by atoms with Crippen LogP contribution in [0.25, 0.3) is 0 Å². The van der Waals surface area contributed by atoms with Gasteiger partial charge in [0.2, 0.25) is 11.9 Å². The molecule has 19 heavy (non-hydrogen) atoms. The maximum absolute atomic E-state index is 12.8. The Kier molecular flexibility index (Phi) is 3.74. The van der Waals surface area contributed by atoms with E-state index in [0.29, 0.717) is 0 Å². The molecule has 3 N–H and O–H groups in total. The molecule has 1 amide bonds. The van der Waals surface area contributed by atoms with Crippen LogP contribution in [0.15, 0.2) is 30.6 Å². The maximum Gasteiger partial charge on any atom is 0.242 e. The largest absolute Gasteiger partial charge is 0.367 e. The molecule has 0 fully saturated rings. The molecule has 1 aromatic heterocycles. The highest BCUT2D eigenvalue weighted by molar-refractivity contribution is 5.76. The number of carbonyl (C=O) groups excluding carboxylic acids is 1. The Morgan fingerprint density at radius 1 is 1.47 bits per heavy atom. The second-order valence-electron chi connectivity index (χ2n) is 4.14. The van der Waals surface area contributed by atoms with E-state index in [1.165, 1.54) is 23.1 Å². The number of amides is 1. The molecule has 1 atom stereocenters. The third kappa shape index (κ3) is 3.51. The molecule has 0 aliphatic heterocycles. The topological polar surface area (TPSA) is 85.8 Å². The van der Waals surface area contributed by atoms with Crippen LogP contribution in [0.5, 0.6) is 0 Å². The summed E-state index contributed by atoms with van der Waals surface area (Å²) in [6, 6.07) is 5.77. The lowest BCUT2D eigenvalue weighted by Crippen LogP contribution is -2.30. The van der Waals surface area contributed by atoms with Gasteiger partial charge in [0.15, 0.2) is 0 Å². The summed E-state index contributed by atoms with van der Waals surface area (Å²) in [6.07, 6.45) is 1.39. The monoisotopic (exact) mass is 263 g/mol. The number of carbonyl (C=O) groups is 1. The molecule has 1 heterocycles. The van der Waals surface area contributed by atoms with Crippen molar-refractivity contribution in [2.24, 2.45) is 0 Å². The Hall–Kier alpha value is -2.44. The molecule has 0 radical (unpaired) electrons. The van der Waals surface area contributed by atoms with Gasteiger partial charge in [-0.2, -0.15) is 0 Å². The fourth-order valence-corrected chi connectivity index (χ4v) is 1.65. The van der Waals surface area contributed by atoms with Gasteiger partial charge in [-0.3, -0.25) is 4.79 Å². The van der Waals surface area contributed by atoms with Gasteiger partial charge in [-0.05, 0) is 24.6 Å². The number of aromatic nitrogens is 3. The zero-order valence-corrected chi connectivity index (χ0v) is 10.4. The molecular formula is C12H14FN5O. The first-order valence-electron chi connectivity index (χ1n) is 5.74. The maximum atomic E-state index is 12.8. The average molecular weight is 263 g/mol. The lowest BCUT2D eigenvalue weighted by Gasteiger charge is -2.14. The van der Waals surface area contributed by atoms with Crippen molar-refractivity contribution in [3.8, 4) is 0 Å². The molecule has 0 saturated carbocycles. The normalized spacial score (nSPS) is 12.1. The Morgan fingerprint density at radius 2 is 2.16 bits per heavy atom. The summed E-state index contributed by atoms with van der Waals surface area (Å²) >= 11 is 0. The van der Waals surface area contributed by atoms with E-state index in [4.69, 9.17) is 5.73 Å². The van der Waals surface area contributed by atoms with Crippen molar-refractivity contribution in [2.45, 2.75) is 19.5 Å². The van der Waals surface area contributed by atoms with Gasteiger partial charge in [0.1, 0.15) is 18.7 Å². The molecule has 1 aromatic carbocycles. The SMILES string of the molecule is CC(NC(=O)Cn1cnc(N)n1)c1ccc(F)cc1. The number of nitrogen functional groups attached to an aromatic ring is 1. The van der Waals surface area contributed by atoms with Gasteiger partial charge in [-0.15, -0.1) is 5.10 Å². The minimum Gasteiger partial charge on any atom is -0.367 e. The first kappa shape index (κ1) is 13.0. The number of rotatable bonds is 4. The van der Waals surface area contributed by atoms with Gasteiger partial charge in [0.25, 0.3) is 0 Å². The van der Waals surface area contributed by atoms with Crippen molar-refractivity contribution in [1.82, 2.24) is 20.1 Å². The van der Waals surface area contributed by atoms with Crippen molar-refractivity contribution in [2.75, 3.05) is 5.73 Å². The highest BCUT2D eigenvalue weighted by Gasteiger charge is 2.10. The van der Waals surface area contributed by atoms with E-state index >= 15 is 0 Å². The molecule has 2 aromatic rings. The Bertz CT molecular complexity index is 566. The smallest absolute Gasteiger partial charge is 0.242 e. The Morgan fingerprint density at radius 3 is 2.74 bits per heavy atom. The number of hydrogen-bond donors (Lipinski definition) is 2. The third-order valence-corrected chi connectivity index (χ3v) is 2.61. The minimum absolute atomic E-state index is 0.0374. The van der Waals surface area contributed by atoms with Crippen LogP contribution in [0.2, 0.25) is 0 Å². The van der Waals surface area contributed by atoms with Gasteiger partial charge < -0.3 is 11.1 Å². The summed E-state index contributed by atoms with van der Waals surface area (Å²) in [5.41, 5.74) is 6.18. The zero-order valence-electron chi connectivity index (χ0n) is 10.4. The van der Waals surface area contributed by atoms with E-state index < -0.39 is 0 Å². The summed E-state index contributed by atoms with van der Waals surface area (Å²) in [4.78, 5) is 15.5. The Balaban J connectivity index is 1.93. The van der Waals surface area contributed by atoms with Crippen LogP contribution >= 0.6 is 0 Å². The molecule has 0 bridgehead atoms. The van der Waals surface area contributed by atoms with Crippen molar-refractivity contribution >= 4 is 11.9 Å². The van der Waals surface area contributed by atoms with Crippen molar-refractivity contribution in [3.05, 3.63) is 42.0 Å². The van der Waals surface area contributed by atoms with Crippen LogP contribution in [0.4, 0.5) is 10.3 Å². The summed E-state index contributed by atoms with van der Waals surface area (Å²) in [7, 11) is 0. The summed E-state index contributed by atoms with van der Waals surface area (Å²) < 4.78 is 14.1. The van der Waals surface area contributed by atoms with E-state index in [-0.39, 0.29) is 30.3 Å². The number of nitrogens with two attached hydrogens (primary N) is 1. The number of benzene rings is 1. The first-order chi connectivity index (χ1) is 9.04. The number of halogens is 1. The molecule has 0 aliphatic rings. The van der Waals surface area contributed by atoms with E-state index in [1.807, 2.05) is 6.92 Å². The quantitative estimate of drug-likeness (QED) is 0.857. The molecule has 0 aliphatic carbocycles. The van der Waals surface area contributed by atoms with Crippen molar-refractivity contribution < 1.29 is 9.18 Å². The van der Waals surface area contributed by atoms with Crippen LogP contribution in [-0.2, 0) is 11.3 Å². The standard InChI is InChI=1S/C12H14FN5O/c1-8(9-2-4-10(13)5-3-9)16-11(19)6-18-7-15-12(14)17-18/h2-5,7-8H,6H2,1H3,(H2,14,17)(H,16,19). The first-order valence-corrected chi connectivity index (χ1v) is 5.74. The summed E-state index contributed by atoms with van der Waals surface area (Å²) in [5.74, 6) is -0.401. The van der Waals surface area contributed by atoms with Crippen LogP contribution < -0.4 is 11.1 Å². The average Bonchev–Trinajstić information content (AvgIpc) is 2.75. The highest BCUT2D eigenvalue weighted by Crippen LogP contribution is 2.12. The lowest BCUT2D eigenvalue weighted by molar-refractivity contribution is -0.122. The van der Waals surface area contributed by atoms with Gasteiger partial charge in [0, 0.05) is 0 Å². The van der Waals surface area contributed by atoms with Crippen LogP contribution in [0.1, 0.15) is 18.5 Å². The fourth-order valence-electron chi connectivity index (χ4n) is 1.65. The number of nitrogens with zero attached hydrogens (tertiary/aromatic N) is 3. The van der Waals surface area contributed by atoms with Crippen molar-refractivity contribution in [3.63, 3.8) is 0 Å². The molecular weight excluding hydrogens is 249 g/mol. The van der Waals surface area contributed by atoms with Crippen LogP contribution in [-0.4, -0.2) is 20.7 Å². The fraction of sp³-hybridized carbons (Fsp3) is 0.250. The molecule has 2 rings (SSSR count). The summed E-state index contributed by atoms with van der Waals surface area (Å²) in [5, 5.41) is 6.60. The molecule has 100 valence electrons. The van der Waals surface area contributed by atoms with Crippen molar-refractivity contribution in [1.29, 1.82) is 0 Å². The van der Waals surface area contributed by atoms with Gasteiger partial charge in [0.05, 0.1) is 6.04 Å². The third-order valence-electron chi connectivity index (χ3n) is 2.61. The van der Waals surface area contributed by atoms with Gasteiger partial charge in [-0.25, -0.2) is 14.1 Å². The van der Waals surface area contributed by atoms with E-state index in [9.17, 15) is 9.18 Å². The van der Waals surface area contributed by atoms with Crippen LogP contribution in [0, 0.1) is 5.82 Å². The predicted octanol–water partition coefficient (Wildman–Crippen LogP) is 0.877. The predicted molar refractivity (Wildman–Crippen MR) is 67.4 cm³/mol. The summed E-state index contributed by atoms with van der Waals surface area (Å²) in [6.45, 7) is 1.86. The molecule has 7 heteroatoms. The zero-order chi connectivity index (χ0) is 13.8. The number of hydrogen-bond acceptors (Lipinski definition) is 4. The number of anilines is 1. The Labute approximate surface area is 109 Å². The number of nitrogens with one attached hydrogen (secondary N) is 1. The second kappa shape index (κ2) is 5.47.